The molecule has 0 aliphatic rings. The fourth-order valence-electron chi connectivity index (χ4n) is 2.09. The van der Waals surface area contributed by atoms with Gasteiger partial charge in [-0.15, -0.1) is 11.3 Å². The molecule has 3 heterocycles. The Balaban J connectivity index is 1.70. The summed E-state index contributed by atoms with van der Waals surface area (Å²) in [7, 11) is 0. The van der Waals surface area contributed by atoms with Crippen LogP contribution in [-0.4, -0.2) is 21.7 Å². The van der Waals surface area contributed by atoms with Gasteiger partial charge in [0, 0.05) is 17.3 Å². The van der Waals surface area contributed by atoms with Gasteiger partial charge in [0.05, 0.1) is 17.6 Å². The van der Waals surface area contributed by atoms with Crippen molar-refractivity contribution in [3.63, 3.8) is 0 Å². The molecule has 1 amide bonds. The van der Waals surface area contributed by atoms with E-state index in [0.29, 0.717) is 22.7 Å². The van der Waals surface area contributed by atoms with Gasteiger partial charge in [0.1, 0.15) is 11.3 Å². The average Bonchev–Trinajstić information content (AvgIpc) is 3.10. The number of nitrogens with one attached hydrogen (secondary N) is 1. The smallest absolute Gasteiger partial charge is 0.257 e. The highest BCUT2D eigenvalue weighted by Gasteiger charge is 2.14. The lowest BCUT2D eigenvalue weighted by Crippen LogP contribution is -2.23. The quantitative estimate of drug-likeness (QED) is 0.686. The summed E-state index contributed by atoms with van der Waals surface area (Å²) in [5.74, 6) is 0.426. The van der Waals surface area contributed by atoms with Crippen molar-refractivity contribution in [2.75, 3.05) is 0 Å². The predicted octanol–water partition coefficient (Wildman–Crippen LogP) is 3.46. The Morgan fingerprint density at radius 1 is 1.16 bits per heavy atom. The van der Waals surface area contributed by atoms with Crippen LogP contribution in [0, 0.1) is 0 Å². The minimum Gasteiger partial charge on any atom is -0.437 e. The molecular formula is C18H15N3O3S. The molecule has 25 heavy (non-hydrogen) atoms. The predicted molar refractivity (Wildman–Crippen MR) is 94.0 cm³/mol. The van der Waals surface area contributed by atoms with Gasteiger partial charge in [-0.3, -0.25) is 14.6 Å². The summed E-state index contributed by atoms with van der Waals surface area (Å²) in [6.07, 6.45) is 4.74. The third-order valence-electron chi connectivity index (χ3n) is 3.30. The van der Waals surface area contributed by atoms with Crippen molar-refractivity contribution in [1.82, 2.24) is 15.3 Å². The lowest BCUT2D eigenvalue weighted by atomic mass is 10.2. The summed E-state index contributed by atoms with van der Waals surface area (Å²) >= 11 is 1.37. The van der Waals surface area contributed by atoms with Crippen molar-refractivity contribution in [3.8, 4) is 11.6 Å². The second kappa shape index (κ2) is 7.67. The van der Waals surface area contributed by atoms with Gasteiger partial charge in [-0.05, 0) is 43.3 Å². The van der Waals surface area contributed by atoms with Gasteiger partial charge in [0.2, 0.25) is 5.88 Å². The number of pyridine rings is 2. The fourth-order valence-corrected chi connectivity index (χ4v) is 2.93. The average molecular weight is 353 g/mol. The molecule has 0 aromatic carbocycles. The van der Waals surface area contributed by atoms with Crippen LogP contribution in [0.15, 0.2) is 55.0 Å². The molecule has 1 N–H and O–H groups in total. The first-order chi connectivity index (χ1) is 12.1. The summed E-state index contributed by atoms with van der Waals surface area (Å²) in [4.78, 5) is 33.5. The first-order valence-electron chi connectivity index (χ1n) is 7.54. The zero-order valence-corrected chi connectivity index (χ0v) is 14.2. The number of hydrogen-bond acceptors (Lipinski definition) is 6. The van der Waals surface area contributed by atoms with Crippen LogP contribution in [0.3, 0.4) is 0 Å². The number of rotatable bonds is 6. The van der Waals surface area contributed by atoms with Crippen molar-refractivity contribution in [1.29, 1.82) is 0 Å². The number of hydrogen-bond donors (Lipinski definition) is 1. The molecule has 0 aliphatic heterocycles. The Kier molecular flexibility index (Phi) is 5.15. The lowest BCUT2D eigenvalue weighted by molar-refractivity contribution is 0.0947. The molecule has 0 bridgehead atoms. The van der Waals surface area contributed by atoms with Crippen LogP contribution >= 0.6 is 11.3 Å². The maximum absolute atomic E-state index is 12.5. The van der Waals surface area contributed by atoms with Gasteiger partial charge in [-0.25, -0.2) is 4.98 Å². The number of Topliss-reactive ketones (excluding diaryl/α,β-unsaturated/α-hetero) is 1. The SMILES string of the molecule is CC(=O)c1ccc(CNC(=O)c2cccnc2Oc2cccnc2)s1. The van der Waals surface area contributed by atoms with E-state index in [9.17, 15) is 9.59 Å². The monoisotopic (exact) mass is 353 g/mol. The van der Waals surface area contributed by atoms with E-state index in [4.69, 9.17) is 4.74 Å². The van der Waals surface area contributed by atoms with Crippen molar-refractivity contribution in [2.45, 2.75) is 13.5 Å². The Hall–Kier alpha value is -3.06. The second-order valence-electron chi connectivity index (χ2n) is 5.15. The van der Waals surface area contributed by atoms with E-state index in [0.717, 1.165) is 4.88 Å². The maximum atomic E-state index is 12.5. The third kappa shape index (κ3) is 4.27. The number of aromatic nitrogens is 2. The molecule has 0 saturated carbocycles. The van der Waals surface area contributed by atoms with Gasteiger partial charge in [0.15, 0.2) is 5.78 Å². The molecule has 0 spiro atoms. The van der Waals surface area contributed by atoms with E-state index < -0.39 is 0 Å². The van der Waals surface area contributed by atoms with E-state index in [-0.39, 0.29) is 17.6 Å². The van der Waals surface area contributed by atoms with E-state index in [1.54, 1.807) is 48.9 Å². The van der Waals surface area contributed by atoms with E-state index in [1.165, 1.54) is 18.3 Å². The minimum absolute atomic E-state index is 0.0157. The number of carbonyl (C=O) groups excluding carboxylic acids is 2. The highest BCUT2D eigenvalue weighted by atomic mass is 32.1. The number of nitrogens with zero attached hydrogens (tertiary/aromatic N) is 2. The highest BCUT2D eigenvalue weighted by Crippen LogP contribution is 2.22. The van der Waals surface area contributed by atoms with Crippen molar-refractivity contribution >= 4 is 23.0 Å². The van der Waals surface area contributed by atoms with Gasteiger partial charge in [0.25, 0.3) is 5.91 Å². The van der Waals surface area contributed by atoms with Crippen molar-refractivity contribution in [2.24, 2.45) is 0 Å². The van der Waals surface area contributed by atoms with E-state index in [1.807, 2.05) is 6.07 Å². The molecule has 3 rings (SSSR count). The zero-order chi connectivity index (χ0) is 17.6. The van der Waals surface area contributed by atoms with Crippen LogP contribution in [0.5, 0.6) is 11.6 Å². The number of carbonyl (C=O) groups is 2. The Morgan fingerprint density at radius 2 is 2.00 bits per heavy atom. The lowest BCUT2D eigenvalue weighted by Gasteiger charge is -2.09. The Labute approximate surface area is 148 Å². The molecule has 126 valence electrons. The van der Waals surface area contributed by atoms with Crippen LogP contribution in [0.1, 0.15) is 31.8 Å². The molecule has 0 aliphatic carbocycles. The topological polar surface area (TPSA) is 81.2 Å². The largest absolute Gasteiger partial charge is 0.437 e. The van der Waals surface area contributed by atoms with Crippen LogP contribution < -0.4 is 10.1 Å². The van der Waals surface area contributed by atoms with Crippen LogP contribution in [-0.2, 0) is 6.54 Å². The molecule has 0 radical (unpaired) electrons. The molecule has 7 heteroatoms. The molecule has 3 aromatic rings. The van der Waals surface area contributed by atoms with Crippen molar-refractivity contribution in [3.05, 3.63) is 70.3 Å². The zero-order valence-electron chi connectivity index (χ0n) is 13.4. The summed E-state index contributed by atoms with van der Waals surface area (Å²) in [5, 5.41) is 2.82. The summed E-state index contributed by atoms with van der Waals surface area (Å²) in [6.45, 7) is 1.85. The molecule has 0 atom stereocenters. The van der Waals surface area contributed by atoms with E-state index >= 15 is 0 Å². The van der Waals surface area contributed by atoms with Gasteiger partial charge in [-0.1, -0.05) is 0 Å². The number of amides is 1. The first-order valence-corrected chi connectivity index (χ1v) is 8.36. The minimum atomic E-state index is -0.301. The van der Waals surface area contributed by atoms with Gasteiger partial charge in [-0.2, -0.15) is 0 Å². The second-order valence-corrected chi connectivity index (χ2v) is 6.32. The fraction of sp³-hybridized carbons (Fsp3) is 0.111. The van der Waals surface area contributed by atoms with Crippen LogP contribution in [0.4, 0.5) is 0 Å². The van der Waals surface area contributed by atoms with E-state index in [2.05, 4.69) is 15.3 Å². The number of ether oxygens (including phenoxy) is 1. The standard InChI is InChI=1S/C18H15N3O3S/c1-12(22)16-7-6-14(25-16)11-21-17(23)15-5-3-9-20-18(15)24-13-4-2-8-19-10-13/h2-10H,11H2,1H3,(H,21,23). The molecule has 6 nitrogen and oxygen atoms in total. The molecule has 0 saturated heterocycles. The number of thiophene rings is 1. The Morgan fingerprint density at radius 3 is 2.72 bits per heavy atom. The summed E-state index contributed by atoms with van der Waals surface area (Å²) < 4.78 is 5.64. The Bertz CT molecular complexity index is 893. The molecular weight excluding hydrogens is 338 g/mol. The third-order valence-corrected chi connectivity index (χ3v) is 4.48. The molecule has 3 aromatic heterocycles. The van der Waals surface area contributed by atoms with Crippen LogP contribution in [0.25, 0.3) is 0 Å². The molecule has 0 fully saturated rings. The highest BCUT2D eigenvalue weighted by molar-refractivity contribution is 7.14. The van der Waals surface area contributed by atoms with Gasteiger partial charge < -0.3 is 10.1 Å². The normalized spacial score (nSPS) is 10.3. The summed E-state index contributed by atoms with van der Waals surface area (Å²) in [5.41, 5.74) is 0.328. The maximum Gasteiger partial charge on any atom is 0.257 e. The van der Waals surface area contributed by atoms with Crippen molar-refractivity contribution < 1.29 is 14.3 Å². The van der Waals surface area contributed by atoms with Crippen LogP contribution in [0.2, 0.25) is 0 Å². The van der Waals surface area contributed by atoms with Gasteiger partial charge >= 0.3 is 0 Å². The number of ketones is 1. The summed E-state index contributed by atoms with van der Waals surface area (Å²) in [6, 6.07) is 10.4. The first kappa shape index (κ1) is 16.8. The molecule has 0 unspecified atom stereocenters.